The average molecular weight is 351 g/mol. The molecule has 1 aromatic carbocycles. The Hall–Kier alpha value is -1.09. The molecule has 1 aliphatic rings. The van der Waals surface area contributed by atoms with Crippen molar-refractivity contribution < 1.29 is 9.84 Å². The van der Waals surface area contributed by atoms with Crippen molar-refractivity contribution in [2.45, 2.75) is 32.1 Å². The van der Waals surface area contributed by atoms with Gasteiger partial charge in [-0.2, -0.15) is 0 Å². The minimum Gasteiger partial charge on any atom is -0.389 e. The highest BCUT2D eigenvalue weighted by Crippen LogP contribution is 2.13. The Morgan fingerprint density at radius 1 is 1.21 bits per heavy atom. The Kier molecular flexibility index (Phi) is 7.09. The van der Waals surface area contributed by atoms with Crippen molar-refractivity contribution in [2.75, 3.05) is 39.3 Å². The molecular weight excluding hydrogens is 324 g/mol. The minimum atomic E-state index is -0.627. The highest BCUT2D eigenvalue weighted by atomic mass is 35.5. The molecule has 0 aliphatic carbocycles. The number of halogens is 1. The zero-order valence-corrected chi connectivity index (χ0v) is 15.3. The SMILES string of the molecule is C#CC(C)(C)OC[C@H](O)CN1CCN(Cc2ccc(Cl)cc2)CC1. The third-order valence-corrected chi connectivity index (χ3v) is 4.49. The zero-order valence-electron chi connectivity index (χ0n) is 14.5. The van der Waals surface area contributed by atoms with Crippen LogP contribution in [0.1, 0.15) is 19.4 Å². The Morgan fingerprint density at radius 3 is 2.38 bits per heavy atom. The quantitative estimate of drug-likeness (QED) is 0.765. The molecule has 1 aliphatic heterocycles. The molecule has 1 aromatic rings. The lowest BCUT2D eigenvalue weighted by molar-refractivity contribution is -0.0410. The van der Waals surface area contributed by atoms with Gasteiger partial charge in [0, 0.05) is 44.3 Å². The fourth-order valence-corrected chi connectivity index (χ4v) is 2.80. The van der Waals surface area contributed by atoms with E-state index in [2.05, 4.69) is 27.9 Å². The van der Waals surface area contributed by atoms with Crippen molar-refractivity contribution in [1.29, 1.82) is 0 Å². The first kappa shape index (κ1) is 19.2. The first-order valence-electron chi connectivity index (χ1n) is 8.37. The summed E-state index contributed by atoms with van der Waals surface area (Å²) in [7, 11) is 0. The van der Waals surface area contributed by atoms with Crippen molar-refractivity contribution in [3.8, 4) is 12.3 Å². The van der Waals surface area contributed by atoms with E-state index in [1.807, 2.05) is 26.0 Å². The smallest absolute Gasteiger partial charge is 0.122 e. The highest BCUT2D eigenvalue weighted by Gasteiger charge is 2.21. The molecule has 2 rings (SSSR count). The van der Waals surface area contributed by atoms with Crippen LogP contribution in [0.4, 0.5) is 0 Å². The monoisotopic (exact) mass is 350 g/mol. The number of ether oxygens (including phenoxy) is 1. The van der Waals surface area contributed by atoms with Gasteiger partial charge in [-0.05, 0) is 31.5 Å². The molecule has 132 valence electrons. The van der Waals surface area contributed by atoms with Crippen molar-refractivity contribution in [3.05, 3.63) is 34.9 Å². The van der Waals surface area contributed by atoms with Gasteiger partial charge in [0.25, 0.3) is 0 Å². The summed E-state index contributed by atoms with van der Waals surface area (Å²) in [6.07, 6.45) is 4.87. The molecule has 0 saturated carbocycles. The number of hydrogen-bond donors (Lipinski definition) is 1. The van der Waals surface area contributed by atoms with E-state index in [0.29, 0.717) is 6.54 Å². The maximum absolute atomic E-state index is 10.1. The van der Waals surface area contributed by atoms with Gasteiger partial charge in [0.15, 0.2) is 0 Å². The second-order valence-corrected chi connectivity index (χ2v) is 7.26. The van der Waals surface area contributed by atoms with E-state index in [4.69, 9.17) is 22.8 Å². The van der Waals surface area contributed by atoms with E-state index in [-0.39, 0.29) is 6.61 Å². The van der Waals surface area contributed by atoms with Crippen LogP contribution in [0.3, 0.4) is 0 Å². The molecule has 0 spiro atoms. The molecule has 1 atom stereocenters. The maximum Gasteiger partial charge on any atom is 0.122 e. The number of terminal acetylenes is 1. The van der Waals surface area contributed by atoms with E-state index in [9.17, 15) is 5.11 Å². The number of benzene rings is 1. The summed E-state index contributed by atoms with van der Waals surface area (Å²) in [4.78, 5) is 4.69. The van der Waals surface area contributed by atoms with E-state index >= 15 is 0 Å². The minimum absolute atomic E-state index is 0.266. The second-order valence-electron chi connectivity index (χ2n) is 6.82. The van der Waals surface area contributed by atoms with Crippen LogP contribution < -0.4 is 0 Å². The summed E-state index contributed by atoms with van der Waals surface area (Å²) >= 11 is 5.92. The van der Waals surface area contributed by atoms with E-state index in [0.717, 1.165) is 37.7 Å². The fourth-order valence-electron chi connectivity index (χ4n) is 2.67. The van der Waals surface area contributed by atoms with Gasteiger partial charge in [-0.1, -0.05) is 29.7 Å². The predicted molar refractivity (Wildman–Crippen MR) is 98.0 cm³/mol. The number of aliphatic hydroxyl groups is 1. The number of β-amino-alcohol motifs (C(OH)–C–C–N with tert-alkyl or cyclic N) is 1. The summed E-state index contributed by atoms with van der Waals surface area (Å²) in [5, 5.41) is 10.9. The lowest BCUT2D eigenvalue weighted by Gasteiger charge is -2.35. The molecule has 0 bridgehead atoms. The number of nitrogens with zero attached hydrogens (tertiary/aromatic N) is 2. The van der Waals surface area contributed by atoms with Crippen LogP contribution in [-0.2, 0) is 11.3 Å². The normalized spacial score (nSPS) is 18.3. The molecule has 24 heavy (non-hydrogen) atoms. The van der Waals surface area contributed by atoms with Crippen LogP contribution in [-0.4, -0.2) is 65.9 Å². The Morgan fingerprint density at radius 2 is 1.79 bits per heavy atom. The Bertz CT molecular complexity index is 545. The first-order valence-corrected chi connectivity index (χ1v) is 8.75. The van der Waals surface area contributed by atoms with Gasteiger partial charge in [-0.25, -0.2) is 0 Å². The number of aliphatic hydroxyl groups excluding tert-OH is 1. The second kappa shape index (κ2) is 8.84. The molecule has 1 fully saturated rings. The third kappa shape index (κ3) is 6.43. The highest BCUT2D eigenvalue weighted by molar-refractivity contribution is 6.30. The van der Waals surface area contributed by atoms with Crippen LogP contribution in [0.5, 0.6) is 0 Å². The topological polar surface area (TPSA) is 35.9 Å². The standard InChI is InChI=1S/C19H27ClN2O2/c1-4-19(2,3)24-15-18(23)14-22-11-9-21(10-12-22)13-16-5-7-17(20)8-6-16/h1,5-8,18,23H,9-15H2,2-3H3/t18-/m1/s1. The molecule has 4 nitrogen and oxygen atoms in total. The van der Waals surface area contributed by atoms with Gasteiger partial charge >= 0.3 is 0 Å². The van der Waals surface area contributed by atoms with Crippen LogP contribution in [0, 0.1) is 12.3 Å². The molecule has 1 saturated heterocycles. The molecular formula is C19H27ClN2O2. The van der Waals surface area contributed by atoms with E-state index < -0.39 is 11.7 Å². The van der Waals surface area contributed by atoms with Crippen LogP contribution in [0.25, 0.3) is 0 Å². The predicted octanol–water partition coefficient (Wildman–Crippen LogP) is 2.25. The van der Waals surface area contributed by atoms with Gasteiger partial charge in [0.05, 0.1) is 12.7 Å². The number of rotatable bonds is 7. The fraction of sp³-hybridized carbons (Fsp3) is 0.579. The van der Waals surface area contributed by atoms with Crippen molar-refractivity contribution in [2.24, 2.45) is 0 Å². The molecule has 0 unspecified atom stereocenters. The van der Waals surface area contributed by atoms with Crippen LogP contribution in [0.15, 0.2) is 24.3 Å². The summed E-state index contributed by atoms with van der Waals surface area (Å²) in [5.74, 6) is 2.57. The van der Waals surface area contributed by atoms with Gasteiger partial charge in [0.1, 0.15) is 5.60 Å². The first-order chi connectivity index (χ1) is 11.4. The number of piperazine rings is 1. The largest absolute Gasteiger partial charge is 0.389 e. The molecule has 0 radical (unpaired) electrons. The van der Waals surface area contributed by atoms with Crippen molar-refractivity contribution in [1.82, 2.24) is 9.80 Å². The third-order valence-electron chi connectivity index (χ3n) is 4.24. The lowest BCUT2D eigenvalue weighted by Crippen LogP contribution is -2.48. The zero-order chi connectivity index (χ0) is 17.6. The van der Waals surface area contributed by atoms with E-state index in [1.54, 1.807) is 0 Å². The summed E-state index contributed by atoms with van der Waals surface area (Å²) in [6.45, 7) is 9.36. The summed E-state index contributed by atoms with van der Waals surface area (Å²) < 4.78 is 5.56. The molecule has 1 heterocycles. The summed E-state index contributed by atoms with van der Waals surface area (Å²) in [6, 6.07) is 8.01. The van der Waals surface area contributed by atoms with Crippen LogP contribution in [0.2, 0.25) is 5.02 Å². The van der Waals surface area contributed by atoms with Gasteiger partial charge in [0.2, 0.25) is 0 Å². The Labute approximate surface area is 150 Å². The molecule has 1 N–H and O–H groups in total. The van der Waals surface area contributed by atoms with E-state index in [1.165, 1.54) is 5.56 Å². The molecule has 5 heteroatoms. The van der Waals surface area contributed by atoms with Crippen LogP contribution >= 0.6 is 11.6 Å². The molecule has 0 aromatic heterocycles. The number of hydrogen-bond acceptors (Lipinski definition) is 4. The maximum atomic E-state index is 10.1. The lowest BCUT2D eigenvalue weighted by atomic mass is 10.1. The van der Waals surface area contributed by atoms with Gasteiger partial charge < -0.3 is 9.84 Å². The molecule has 0 amide bonds. The van der Waals surface area contributed by atoms with Gasteiger partial charge in [-0.3, -0.25) is 9.80 Å². The van der Waals surface area contributed by atoms with Gasteiger partial charge in [-0.15, -0.1) is 6.42 Å². The van der Waals surface area contributed by atoms with Crippen molar-refractivity contribution >= 4 is 11.6 Å². The van der Waals surface area contributed by atoms with Crippen molar-refractivity contribution in [3.63, 3.8) is 0 Å². The summed E-state index contributed by atoms with van der Waals surface area (Å²) in [5.41, 5.74) is 0.649. The Balaban J connectivity index is 1.69. The average Bonchev–Trinajstić information content (AvgIpc) is 2.57.